The van der Waals surface area contributed by atoms with Gasteiger partial charge in [0.15, 0.2) is 5.11 Å². The molecular formula is C23H27N3O4S. The first-order valence-corrected chi connectivity index (χ1v) is 10.6. The van der Waals surface area contributed by atoms with Crippen molar-refractivity contribution < 1.29 is 19.1 Å². The van der Waals surface area contributed by atoms with Crippen LogP contribution in [0.15, 0.2) is 48.5 Å². The van der Waals surface area contributed by atoms with E-state index in [4.69, 9.17) is 17.0 Å². The zero-order chi connectivity index (χ0) is 22.2. The zero-order valence-corrected chi connectivity index (χ0v) is 18.5. The fraction of sp³-hybridized carbons (Fsp3) is 0.348. The fourth-order valence-corrected chi connectivity index (χ4v) is 3.77. The van der Waals surface area contributed by atoms with Gasteiger partial charge >= 0.3 is 12.1 Å². The molecule has 1 atom stereocenters. The van der Waals surface area contributed by atoms with Crippen molar-refractivity contribution in [3.8, 4) is 11.1 Å². The number of carbonyl (C=O) groups is 2. The van der Waals surface area contributed by atoms with Crippen LogP contribution in [-0.2, 0) is 14.3 Å². The Kier molecular flexibility index (Phi) is 7.83. The maximum atomic E-state index is 12.3. The van der Waals surface area contributed by atoms with Crippen molar-refractivity contribution in [2.45, 2.75) is 25.3 Å². The smallest absolute Gasteiger partial charge is 0.407 e. The Hall–Kier alpha value is -3.13. The second-order valence-corrected chi connectivity index (χ2v) is 7.74. The van der Waals surface area contributed by atoms with Crippen molar-refractivity contribution in [2.75, 3.05) is 26.8 Å². The van der Waals surface area contributed by atoms with E-state index in [1.807, 2.05) is 31.2 Å². The Morgan fingerprint density at radius 1 is 1.03 bits per heavy atom. The minimum absolute atomic E-state index is 0.0261. The molecule has 2 aromatic rings. The van der Waals surface area contributed by atoms with Crippen molar-refractivity contribution >= 4 is 29.4 Å². The summed E-state index contributed by atoms with van der Waals surface area (Å²) in [6.07, 6.45) is -0.243. The lowest BCUT2D eigenvalue weighted by Gasteiger charge is -2.18. The molecule has 0 unspecified atom stereocenters. The standard InChI is InChI=1S/C23H27N3O4S/c1-15(13-25-22(31)24-12-11-21(27)29-2)26-23(28)30-14-20-18-9-5-3-7-16(18)17-8-4-6-10-19(17)20/h3-10,15,20H,11-14H2,1-2H3,(H,26,28)(H2,24,25,31)/t15-/m0/s1. The fourth-order valence-electron chi connectivity index (χ4n) is 3.58. The number of alkyl carbamates (subject to hydrolysis) is 1. The van der Waals surface area contributed by atoms with Gasteiger partial charge in [-0.2, -0.15) is 0 Å². The highest BCUT2D eigenvalue weighted by Crippen LogP contribution is 2.44. The molecule has 164 valence electrons. The summed E-state index contributed by atoms with van der Waals surface area (Å²) in [5, 5.41) is 9.13. The summed E-state index contributed by atoms with van der Waals surface area (Å²) in [5.41, 5.74) is 4.74. The maximum absolute atomic E-state index is 12.3. The van der Waals surface area contributed by atoms with E-state index in [2.05, 4.69) is 45.0 Å². The molecule has 1 aliphatic carbocycles. The van der Waals surface area contributed by atoms with E-state index < -0.39 is 6.09 Å². The highest BCUT2D eigenvalue weighted by Gasteiger charge is 2.29. The molecule has 0 saturated heterocycles. The lowest BCUT2D eigenvalue weighted by atomic mass is 9.98. The summed E-state index contributed by atoms with van der Waals surface area (Å²) in [6.45, 7) is 2.93. The molecule has 0 aromatic heterocycles. The number of ether oxygens (including phenoxy) is 2. The second kappa shape index (κ2) is 10.8. The molecule has 0 fully saturated rings. The molecule has 0 heterocycles. The van der Waals surface area contributed by atoms with Crippen LogP contribution in [0.2, 0.25) is 0 Å². The number of thiocarbonyl (C=S) groups is 1. The van der Waals surface area contributed by atoms with Crippen LogP contribution < -0.4 is 16.0 Å². The molecule has 3 N–H and O–H groups in total. The Morgan fingerprint density at radius 3 is 2.26 bits per heavy atom. The molecule has 0 saturated carbocycles. The normalized spacial score (nSPS) is 12.8. The third-order valence-corrected chi connectivity index (χ3v) is 5.41. The van der Waals surface area contributed by atoms with Gasteiger partial charge in [-0.15, -0.1) is 0 Å². The molecule has 0 aliphatic heterocycles. The van der Waals surface area contributed by atoms with E-state index in [0.29, 0.717) is 18.2 Å². The number of hydrogen-bond acceptors (Lipinski definition) is 5. The van der Waals surface area contributed by atoms with Crippen molar-refractivity contribution in [3.05, 3.63) is 59.7 Å². The quantitative estimate of drug-likeness (QED) is 0.429. The highest BCUT2D eigenvalue weighted by molar-refractivity contribution is 7.80. The van der Waals surface area contributed by atoms with Gasteiger partial charge in [-0.05, 0) is 41.4 Å². The lowest BCUT2D eigenvalue weighted by molar-refractivity contribution is -0.140. The van der Waals surface area contributed by atoms with Crippen molar-refractivity contribution in [2.24, 2.45) is 0 Å². The minimum Gasteiger partial charge on any atom is -0.469 e. The van der Waals surface area contributed by atoms with Gasteiger partial charge in [0, 0.05) is 25.0 Å². The van der Waals surface area contributed by atoms with E-state index in [9.17, 15) is 9.59 Å². The van der Waals surface area contributed by atoms with Gasteiger partial charge in [0.25, 0.3) is 0 Å². The van der Waals surface area contributed by atoms with Crippen molar-refractivity contribution in [1.29, 1.82) is 0 Å². The number of hydrogen-bond donors (Lipinski definition) is 3. The molecule has 8 heteroatoms. The average molecular weight is 442 g/mol. The van der Waals surface area contributed by atoms with E-state index in [1.165, 1.54) is 29.4 Å². The molecule has 31 heavy (non-hydrogen) atoms. The SMILES string of the molecule is COC(=O)CCNC(=S)NC[C@H](C)NC(=O)OCC1c2ccccc2-c2ccccc21. The number of methoxy groups -OCH3 is 1. The molecule has 0 radical (unpaired) electrons. The van der Waals surface area contributed by atoms with Crippen LogP contribution >= 0.6 is 12.2 Å². The van der Waals surface area contributed by atoms with Crippen molar-refractivity contribution in [3.63, 3.8) is 0 Å². The van der Waals surface area contributed by atoms with Crippen LogP contribution in [0.1, 0.15) is 30.4 Å². The molecule has 1 aliphatic rings. The molecule has 3 rings (SSSR count). The second-order valence-electron chi connectivity index (χ2n) is 7.33. The minimum atomic E-state index is -0.472. The van der Waals surface area contributed by atoms with Crippen LogP contribution in [0.25, 0.3) is 11.1 Å². The number of nitrogens with one attached hydrogen (secondary N) is 3. The van der Waals surface area contributed by atoms with Crippen LogP contribution in [0.4, 0.5) is 4.79 Å². The number of esters is 1. The summed E-state index contributed by atoms with van der Waals surface area (Å²) in [5.74, 6) is -0.279. The monoisotopic (exact) mass is 441 g/mol. The van der Waals surface area contributed by atoms with Gasteiger partial charge < -0.3 is 25.4 Å². The topological polar surface area (TPSA) is 88.7 Å². The molecule has 2 aromatic carbocycles. The Morgan fingerprint density at radius 2 is 1.65 bits per heavy atom. The van der Waals surface area contributed by atoms with E-state index >= 15 is 0 Å². The van der Waals surface area contributed by atoms with E-state index in [0.717, 1.165) is 0 Å². The van der Waals surface area contributed by atoms with E-state index in [1.54, 1.807) is 0 Å². The molecule has 0 bridgehead atoms. The number of benzene rings is 2. The third kappa shape index (κ3) is 5.95. The first kappa shape index (κ1) is 22.6. The number of amides is 1. The molecule has 0 spiro atoms. The lowest BCUT2D eigenvalue weighted by Crippen LogP contribution is -2.45. The number of fused-ring (bicyclic) bond motifs is 3. The molecule has 1 amide bonds. The van der Waals surface area contributed by atoms with Gasteiger partial charge in [0.2, 0.25) is 0 Å². The average Bonchev–Trinajstić information content (AvgIpc) is 3.10. The van der Waals surface area contributed by atoms with Gasteiger partial charge in [0.05, 0.1) is 13.5 Å². The summed E-state index contributed by atoms with van der Waals surface area (Å²) in [6, 6.07) is 16.2. The van der Waals surface area contributed by atoms with Gasteiger partial charge in [0.1, 0.15) is 6.61 Å². The van der Waals surface area contributed by atoms with Crippen LogP contribution in [0.5, 0.6) is 0 Å². The van der Waals surface area contributed by atoms with Crippen LogP contribution in [-0.4, -0.2) is 50.0 Å². The van der Waals surface area contributed by atoms with Crippen LogP contribution in [0.3, 0.4) is 0 Å². The van der Waals surface area contributed by atoms with E-state index in [-0.39, 0.29) is 31.0 Å². The van der Waals surface area contributed by atoms with Gasteiger partial charge in [-0.25, -0.2) is 4.79 Å². The van der Waals surface area contributed by atoms with Crippen molar-refractivity contribution in [1.82, 2.24) is 16.0 Å². The molecule has 7 nitrogen and oxygen atoms in total. The summed E-state index contributed by atoms with van der Waals surface area (Å²) in [4.78, 5) is 23.4. The predicted octanol–water partition coefficient (Wildman–Crippen LogP) is 2.94. The summed E-state index contributed by atoms with van der Waals surface area (Å²) in [7, 11) is 1.34. The Balaban J connectivity index is 1.43. The molecular weight excluding hydrogens is 414 g/mol. The van der Waals surface area contributed by atoms with Crippen LogP contribution in [0, 0.1) is 0 Å². The Bertz CT molecular complexity index is 904. The predicted molar refractivity (Wildman–Crippen MR) is 123 cm³/mol. The third-order valence-electron chi connectivity index (χ3n) is 5.12. The first-order valence-electron chi connectivity index (χ1n) is 10.2. The summed E-state index contributed by atoms with van der Waals surface area (Å²) >= 11 is 5.15. The summed E-state index contributed by atoms with van der Waals surface area (Å²) < 4.78 is 10.1. The first-order chi connectivity index (χ1) is 15.0. The maximum Gasteiger partial charge on any atom is 0.407 e. The number of carbonyl (C=O) groups excluding carboxylic acids is 2. The van der Waals surface area contributed by atoms with Gasteiger partial charge in [-0.3, -0.25) is 4.79 Å². The Labute approximate surface area is 187 Å². The van der Waals surface area contributed by atoms with Gasteiger partial charge in [-0.1, -0.05) is 48.5 Å². The number of rotatable bonds is 8. The highest BCUT2D eigenvalue weighted by atomic mass is 32.1. The zero-order valence-electron chi connectivity index (χ0n) is 17.6. The largest absolute Gasteiger partial charge is 0.469 e.